The minimum absolute atomic E-state index is 0.0403. The number of nitrogens with zero attached hydrogens (tertiary/aromatic N) is 4. The first-order valence-corrected chi connectivity index (χ1v) is 15.3. The topological polar surface area (TPSA) is 247 Å². The summed E-state index contributed by atoms with van der Waals surface area (Å²) in [5, 5.41) is 37.6. The van der Waals surface area contributed by atoms with Gasteiger partial charge in [0.2, 0.25) is 5.60 Å². The molecule has 2 aromatic rings. The van der Waals surface area contributed by atoms with Crippen LogP contribution in [0.5, 0.6) is 0 Å². The fraction of sp³-hybridized carbons (Fsp3) is 0.643. The monoisotopic (exact) mass is 669 g/mol. The zero-order chi connectivity index (χ0) is 35.0. The first-order valence-electron chi connectivity index (χ1n) is 14.2. The minimum Gasteiger partial charge on any atom is -0.462 e. The summed E-state index contributed by atoms with van der Waals surface area (Å²) in [4.78, 5) is 42.4. The van der Waals surface area contributed by atoms with Gasteiger partial charge in [-0.25, -0.2) is 9.50 Å². The summed E-state index contributed by atoms with van der Waals surface area (Å²) in [6, 6.07) is 3.73. The van der Waals surface area contributed by atoms with Crippen LogP contribution in [-0.2, 0) is 42.4 Å². The van der Waals surface area contributed by atoms with E-state index in [-0.39, 0.29) is 17.0 Å². The molecule has 0 radical (unpaired) electrons. The molecule has 5 N–H and O–H groups in total. The number of nitrogens with one attached hydrogen (secondary N) is 1. The number of hydrogen-bond acceptors (Lipinski definition) is 15. The van der Waals surface area contributed by atoms with Gasteiger partial charge in [0.25, 0.3) is 0 Å². The van der Waals surface area contributed by atoms with Crippen LogP contribution in [0.1, 0.15) is 73.1 Å². The van der Waals surface area contributed by atoms with E-state index < -0.39 is 86.7 Å². The van der Waals surface area contributed by atoms with E-state index in [2.05, 4.69) is 15.2 Å². The summed E-state index contributed by atoms with van der Waals surface area (Å²) in [5.74, 6) is -2.65. The second-order valence-electron chi connectivity index (χ2n) is 12.1. The number of nitrogens with two attached hydrogens (primary N) is 1. The Bertz CT molecular complexity index is 1450. The molecule has 0 amide bonds. The zero-order valence-electron chi connectivity index (χ0n) is 27.0. The molecule has 0 aliphatic heterocycles. The number of fused-ring (bicyclic) bond motifs is 1. The highest BCUT2D eigenvalue weighted by Gasteiger charge is 2.53. The summed E-state index contributed by atoms with van der Waals surface area (Å²) >= 11 is 0. The first-order chi connectivity index (χ1) is 21.2. The van der Waals surface area contributed by atoms with Crippen molar-refractivity contribution in [3.63, 3.8) is 0 Å². The normalized spacial score (nSPS) is 15.7. The highest BCUT2D eigenvalue weighted by molar-refractivity contribution is 7.36. The Morgan fingerprint density at radius 2 is 1.65 bits per heavy atom. The van der Waals surface area contributed by atoms with Gasteiger partial charge in [-0.1, -0.05) is 5.09 Å². The van der Waals surface area contributed by atoms with E-state index in [0.29, 0.717) is 0 Å². The van der Waals surface area contributed by atoms with E-state index >= 15 is 0 Å². The molecule has 5 atom stereocenters. The molecule has 2 rings (SSSR count). The van der Waals surface area contributed by atoms with Crippen molar-refractivity contribution < 1.29 is 52.6 Å². The molecule has 2 aromatic heterocycles. The van der Waals surface area contributed by atoms with E-state index in [0.717, 1.165) is 13.4 Å². The third kappa shape index (κ3) is 10.9. The number of nitriles is 1. The number of ether oxygens (including phenoxy) is 4. The van der Waals surface area contributed by atoms with Gasteiger partial charge in [-0.05, 0) is 65.2 Å². The summed E-state index contributed by atoms with van der Waals surface area (Å²) in [6.07, 6.45) is -3.95. The Kier molecular flexibility index (Phi) is 13.1. The van der Waals surface area contributed by atoms with Gasteiger partial charge >= 0.3 is 26.1 Å². The number of nitrogen functional groups attached to an aromatic ring is 1. The summed E-state index contributed by atoms with van der Waals surface area (Å²) in [6.45, 7) is 9.25. The summed E-state index contributed by atoms with van der Waals surface area (Å²) in [7, 11) is -1.77. The number of rotatable bonds is 17. The molecule has 0 saturated heterocycles. The molecule has 18 heteroatoms. The van der Waals surface area contributed by atoms with Crippen LogP contribution in [0.15, 0.2) is 18.5 Å². The number of carbonyl (C=O) groups is 3. The number of aromatic nitrogens is 3. The minimum atomic E-state index is -2.85. The largest absolute Gasteiger partial charge is 0.613 e. The lowest BCUT2D eigenvalue weighted by Crippen LogP contribution is -2.53. The smallest absolute Gasteiger partial charge is 0.462 e. The van der Waals surface area contributed by atoms with Crippen molar-refractivity contribution in [3.05, 3.63) is 24.2 Å². The van der Waals surface area contributed by atoms with Crippen molar-refractivity contribution in [2.24, 2.45) is 0 Å². The van der Waals surface area contributed by atoms with Crippen LogP contribution in [0.4, 0.5) is 5.82 Å². The Labute approximate surface area is 267 Å². The van der Waals surface area contributed by atoms with Gasteiger partial charge < -0.3 is 34.9 Å². The first kappa shape index (κ1) is 38.4. The van der Waals surface area contributed by atoms with Crippen LogP contribution < -0.4 is 10.8 Å². The third-order valence-electron chi connectivity index (χ3n) is 6.16. The Morgan fingerprint density at radius 3 is 2.17 bits per heavy atom. The summed E-state index contributed by atoms with van der Waals surface area (Å²) < 4.78 is 41.6. The molecule has 0 bridgehead atoms. The summed E-state index contributed by atoms with van der Waals surface area (Å²) in [5.41, 5.74) is 0.895. The number of carbonyl (C=O) groups excluding carboxylic acids is 3. The third-order valence-corrected chi connectivity index (χ3v) is 7.12. The van der Waals surface area contributed by atoms with Crippen LogP contribution >= 0.6 is 8.18 Å². The second-order valence-corrected chi connectivity index (χ2v) is 13.1. The van der Waals surface area contributed by atoms with Crippen LogP contribution in [-0.4, -0.2) is 91.5 Å². The van der Waals surface area contributed by atoms with Crippen molar-refractivity contribution in [1.82, 2.24) is 19.7 Å². The molecule has 0 aliphatic rings. The Balaban J connectivity index is 2.64. The average Bonchev–Trinajstić information content (AvgIpc) is 3.35. The molecule has 0 fully saturated rings. The molecule has 0 aromatic carbocycles. The highest BCUT2D eigenvalue weighted by atomic mass is 31.1. The molecular formula is C28H42N6O11P+. The number of anilines is 1. The SMILES string of the molecule is CO[C@](C#N)(CO[P+](=O)N[C@@H](C)C(=O)OC(C)C)[C@@H](OC(=O)CC(C)(C)O)[C@@H](OC(=O)CC(C)(C)O)c1ccc2c(N)ncnn12. The van der Waals surface area contributed by atoms with Gasteiger partial charge in [-0.15, -0.1) is 4.52 Å². The van der Waals surface area contributed by atoms with Gasteiger partial charge in [0.15, 0.2) is 24.6 Å². The van der Waals surface area contributed by atoms with E-state index in [1.165, 1.54) is 51.3 Å². The molecule has 0 aliphatic carbocycles. The van der Waals surface area contributed by atoms with Gasteiger partial charge in [0, 0.05) is 7.11 Å². The van der Waals surface area contributed by atoms with E-state index in [1.54, 1.807) is 13.8 Å². The molecule has 254 valence electrons. The number of esters is 3. The lowest BCUT2D eigenvalue weighted by atomic mass is 9.92. The predicted octanol–water partition coefficient (Wildman–Crippen LogP) is 1.64. The lowest BCUT2D eigenvalue weighted by molar-refractivity contribution is -0.197. The van der Waals surface area contributed by atoms with Crippen molar-refractivity contribution in [3.8, 4) is 6.07 Å². The van der Waals surface area contributed by atoms with Crippen LogP contribution in [0, 0.1) is 11.3 Å². The maximum absolute atomic E-state index is 13.2. The maximum Gasteiger partial charge on any atom is 0.613 e. The quantitative estimate of drug-likeness (QED) is 0.106. The molecule has 1 unspecified atom stereocenters. The molecule has 2 heterocycles. The Hall–Kier alpha value is -3.78. The van der Waals surface area contributed by atoms with Crippen molar-refractivity contribution >= 4 is 37.4 Å². The van der Waals surface area contributed by atoms with E-state index in [4.69, 9.17) is 29.2 Å². The molecule has 17 nitrogen and oxygen atoms in total. The molecular weight excluding hydrogens is 627 g/mol. The van der Waals surface area contributed by atoms with Gasteiger partial charge in [0.1, 0.15) is 24.0 Å². The predicted molar refractivity (Wildman–Crippen MR) is 161 cm³/mol. The van der Waals surface area contributed by atoms with Crippen molar-refractivity contribution in [2.45, 2.75) is 102 Å². The number of hydrogen-bond donors (Lipinski definition) is 4. The molecule has 0 spiro atoms. The molecule has 46 heavy (non-hydrogen) atoms. The number of aliphatic hydroxyl groups is 2. The van der Waals surface area contributed by atoms with Gasteiger partial charge in [0.05, 0.1) is 35.8 Å². The van der Waals surface area contributed by atoms with E-state index in [1.807, 2.05) is 6.07 Å². The van der Waals surface area contributed by atoms with Crippen molar-refractivity contribution in [1.29, 1.82) is 5.26 Å². The highest BCUT2D eigenvalue weighted by Crippen LogP contribution is 2.37. The lowest BCUT2D eigenvalue weighted by Gasteiger charge is -2.36. The second kappa shape index (κ2) is 15.7. The standard InChI is InChI=1S/C28H42N6O11P/c1-16(2)43-25(37)17(3)33-46(40)42-14-28(13-29,41-8)23(45-21(36)12-27(6,7)39)22(44-20(35)11-26(4,5)38)18-9-10-19-24(30)31-15-32-34(18)19/h9-10,15-17,22-23,38-39H,11-12,14H2,1-8H3,(H,33,40)(H2,30,31,32)/q+1/t17-,22-,23-,28+/m0/s1. The van der Waals surface area contributed by atoms with Crippen LogP contribution in [0.3, 0.4) is 0 Å². The van der Waals surface area contributed by atoms with Crippen LogP contribution in [0.25, 0.3) is 5.52 Å². The van der Waals surface area contributed by atoms with Gasteiger partial charge in [-0.3, -0.25) is 14.4 Å². The molecule has 0 saturated carbocycles. The fourth-order valence-corrected chi connectivity index (χ4v) is 4.88. The average molecular weight is 670 g/mol. The van der Waals surface area contributed by atoms with Crippen LogP contribution in [0.2, 0.25) is 0 Å². The van der Waals surface area contributed by atoms with E-state index in [9.17, 15) is 34.4 Å². The Morgan fingerprint density at radius 1 is 1.07 bits per heavy atom. The maximum atomic E-state index is 13.2. The zero-order valence-corrected chi connectivity index (χ0v) is 27.9. The fourth-order valence-electron chi connectivity index (χ4n) is 4.08. The number of methoxy groups -OCH3 is 1. The van der Waals surface area contributed by atoms with Gasteiger partial charge in [-0.2, -0.15) is 10.4 Å². The van der Waals surface area contributed by atoms with Crippen molar-refractivity contribution in [2.75, 3.05) is 19.5 Å².